The quantitative estimate of drug-likeness (QED) is 0.814. The summed E-state index contributed by atoms with van der Waals surface area (Å²) in [6.07, 6.45) is 3.65. The molecule has 2 rings (SSSR count). The Balaban J connectivity index is 2.22. The van der Waals surface area contributed by atoms with Gasteiger partial charge in [-0.3, -0.25) is 0 Å². The zero-order valence-corrected chi connectivity index (χ0v) is 12.1. The molecule has 0 saturated heterocycles. The maximum Gasteiger partial charge on any atom is 0.133 e. The maximum atomic E-state index is 9.05. The molecule has 1 aromatic heterocycles. The third kappa shape index (κ3) is 3.20. The van der Waals surface area contributed by atoms with Crippen molar-refractivity contribution in [1.29, 1.82) is 0 Å². The molecule has 20 heavy (non-hydrogen) atoms. The Morgan fingerprint density at radius 3 is 2.85 bits per heavy atom. The molecule has 0 spiro atoms. The predicted octanol–water partition coefficient (Wildman–Crippen LogP) is 3.06. The van der Waals surface area contributed by atoms with Crippen LogP contribution in [0.4, 0.5) is 5.82 Å². The lowest BCUT2D eigenvalue weighted by atomic mass is 10.0. The Morgan fingerprint density at radius 1 is 1.30 bits per heavy atom. The van der Waals surface area contributed by atoms with Gasteiger partial charge in [-0.05, 0) is 24.5 Å². The van der Waals surface area contributed by atoms with E-state index in [9.17, 15) is 0 Å². The van der Waals surface area contributed by atoms with Crippen LogP contribution in [0.3, 0.4) is 0 Å². The van der Waals surface area contributed by atoms with Gasteiger partial charge in [0.1, 0.15) is 11.6 Å². The second-order valence-corrected chi connectivity index (χ2v) is 4.88. The molecule has 0 aliphatic rings. The summed E-state index contributed by atoms with van der Waals surface area (Å²) in [5.74, 6) is 2.19. The molecule has 108 valence electrons. The number of aromatic nitrogens is 1. The van der Waals surface area contributed by atoms with Crippen LogP contribution >= 0.6 is 0 Å². The minimum atomic E-state index is 0.233. The zero-order valence-electron chi connectivity index (χ0n) is 12.1. The molecule has 4 heteroatoms. The fourth-order valence-corrected chi connectivity index (χ4v) is 2.37. The van der Waals surface area contributed by atoms with Crippen LogP contribution in [-0.4, -0.2) is 30.4 Å². The molecule has 0 amide bonds. The Kier molecular flexibility index (Phi) is 5.18. The van der Waals surface area contributed by atoms with Gasteiger partial charge in [0, 0.05) is 30.1 Å². The third-order valence-corrected chi connectivity index (χ3v) is 3.66. The second-order valence-electron chi connectivity index (χ2n) is 4.88. The fraction of sp³-hybridized carbons (Fsp3) is 0.438. The molecule has 1 atom stereocenters. The minimum Gasteiger partial charge on any atom is -0.496 e. The van der Waals surface area contributed by atoms with E-state index in [4.69, 9.17) is 9.84 Å². The van der Waals surface area contributed by atoms with Gasteiger partial charge in [-0.2, -0.15) is 0 Å². The van der Waals surface area contributed by atoms with Gasteiger partial charge >= 0.3 is 0 Å². The number of rotatable bonds is 7. The predicted molar refractivity (Wildman–Crippen MR) is 82.3 cm³/mol. The molecule has 1 aromatic carbocycles. The van der Waals surface area contributed by atoms with Gasteiger partial charge in [-0.15, -0.1) is 0 Å². The zero-order chi connectivity index (χ0) is 14.4. The van der Waals surface area contributed by atoms with Crippen LogP contribution in [0.2, 0.25) is 0 Å². The van der Waals surface area contributed by atoms with E-state index in [0.29, 0.717) is 5.92 Å². The molecule has 4 nitrogen and oxygen atoms in total. The van der Waals surface area contributed by atoms with Gasteiger partial charge in [-0.25, -0.2) is 4.98 Å². The lowest BCUT2D eigenvalue weighted by molar-refractivity contribution is 0.258. The van der Waals surface area contributed by atoms with E-state index >= 15 is 0 Å². The molecule has 1 unspecified atom stereocenters. The van der Waals surface area contributed by atoms with Crippen LogP contribution in [0.25, 0.3) is 10.8 Å². The van der Waals surface area contributed by atoms with Crippen molar-refractivity contribution in [3.8, 4) is 5.75 Å². The third-order valence-electron chi connectivity index (χ3n) is 3.66. The van der Waals surface area contributed by atoms with Crippen molar-refractivity contribution in [1.82, 2.24) is 4.98 Å². The lowest BCUT2D eigenvalue weighted by Gasteiger charge is -2.16. The topological polar surface area (TPSA) is 54.4 Å². The minimum absolute atomic E-state index is 0.233. The summed E-state index contributed by atoms with van der Waals surface area (Å²) in [6, 6.07) is 7.93. The normalized spacial score (nSPS) is 12.3. The van der Waals surface area contributed by atoms with Crippen molar-refractivity contribution >= 4 is 16.6 Å². The maximum absolute atomic E-state index is 9.05. The van der Waals surface area contributed by atoms with E-state index in [1.165, 1.54) is 0 Å². The number of aliphatic hydroxyl groups is 1. The number of hydrogen-bond acceptors (Lipinski definition) is 4. The number of hydrogen-bond donors (Lipinski definition) is 2. The Morgan fingerprint density at radius 2 is 2.15 bits per heavy atom. The lowest BCUT2D eigenvalue weighted by Crippen LogP contribution is -2.15. The molecule has 0 aliphatic carbocycles. The number of fused-ring (bicyclic) bond motifs is 1. The van der Waals surface area contributed by atoms with Crippen LogP contribution in [0, 0.1) is 5.92 Å². The highest BCUT2D eigenvalue weighted by molar-refractivity contribution is 5.95. The number of benzene rings is 1. The summed E-state index contributed by atoms with van der Waals surface area (Å²) in [4.78, 5) is 4.42. The molecule has 0 fully saturated rings. The average molecular weight is 274 g/mol. The van der Waals surface area contributed by atoms with Crippen molar-refractivity contribution < 1.29 is 9.84 Å². The van der Waals surface area contributed by atoms with Crippen LogP contribution in [0.15, 0.2) is 30.5 Å². The van der Waals surface area contributed by atoms with Crippen molar-refractivity contribution in [3.05, 3.63) is 30.5 Å². The van der Waals surface area contributed by atoms with Crippen molar-refractivity contribution in [3.63, 3.8) is 0 Å². The number of methoxy groups -OCH3 is 1. The smallest absolute Gasteiger partial charge is 0.133 e. The monoisotopic (exact) mass is 274 g/mol. The molecular weight excluding hydrogens is 252 g/mol. The summed E-state index contributed by atoms with van der Waals surface area (Å²) in [5.41, 5.74) is 0. The van der Waals surface area contributed by atoms with Crippen LogP contribution in [0.5, 0.6) is 5.75 Å². The van der Waals surface area contributed by atoms with E-state index in [1.54, 1.807) is 13.3 Å². The molecule has 0 radical (unpaired) electrons. The highest BCUT2D eigenvalue weighted by Gasteiger charge is 2.09. The average Bonchev–Trinajstić information content (AvgIpc) is 2.50. The Hall–Kier alpha value is -1.81. The van der Waals surface area contributed by atoms with Gasteiger partial charge in [0.2, 0.25) is 0 Å². The van der Waals surface area contributed by atoms with Crippen molar-refractivity contribution in [2.75, 3.05) is 25.6 Å². The number of nitrogens with one attached hydrogen (secondary N) is 1. The first-order chi connectivity index (χ1) is 9.80. The van der Waals surface area contributed by atoms with Crippen LogP contribution in [-0.2, 0) is 0 Å². The molecule has 0 saturated carbocycles. The van der Waals surface area contributed by atoms with Gasteiger partial charge in [0.05, 0.1) is 7.11 Å². The highest BCUT2D eigenvalue weighted by atomic mass is 16.5. The van der Waals surface area contributed by atoms with Gasteiger partial charge in [0.25, 0.3) is 0 Å². The number of pyridine rings is 1. The first-order valence-electron chi connectivity index (χ1n) is 7.06. The van der Waals surface area contributed by atoms with Gasteiger partial charge in [0.15, 0.2) is 0 Å². The van der Waals surface area contributed by atoms with Gasteiger partial charge in [-0.1, -0.05) is 25.5 Å². The highest BCUT2D eigenvalue weighted by Crippen LogP contribution is 2.29. The van der Waals surface area contributed by atoms with Crippen molar-refractivity contribution in [2.45, 2.75) is 19.8 Å². The number of anilines is 1. The van der Waals surface area contributed by atoms with Crippen molar-refractivity contribution in [2.24, 2.45) is 5.92 Å². The fourth-order valence-electron chi connectivity index (χ4n) is 2.37. The number of aliphatic hydroxyl groups excluding tert-OH is 1. The van der Waals surface area contributed by atoms with E-state index in [2.05, 4.69) is 17.2 Å². The summed E-state index contributed by atoms with van der Waals surface area (Å²) < 4.78 is 5.38. The first-order valence-corrected chi connectivity index (χ1v) is 7.06. The molecule has 1 heterocycles. The van der Waals surface area contributed by atoms with E-state index in [0.717, 1.165) is 41.7 Å². The summed E-state index contributed by atoms with van der Waals surface area (Å²) in [6.45, 7) is 3.19. The Bertz CT molecular complexity index is 557. The number of nitrogens with zero attached hydrogens (tertiary/aromatic N) is 1. The standard InChI is InChI=1S/C16H22N2O2/c1-3-12(8-10-19)11-18-16-14-5-4-6-15(20-2)13(14)7-9-17-16/h4-7,9,12,19H,3,8,10-11H2,1-2H3,(H,17,18). The summed E-state index contributed by atoms with van der Waals surface area (Å²) in [7, 11) is 1.68. The Labute approximate surface area is 119 Å². The molecule has 0 bridgehead atoms. The van der Waals surface area contributed by atoms with E-state index < -0.39 is 0 Å². The molecule has 2 N–H and O–H groups in total. The molecular formula is C16H22N2O2. The van der Waals surface area contributed by atoms with Crippen LogP contribution in [0.1, 0.15) is 19.8 Å². The van der Waals surface area contributed by atoms with Gasteiger partial charge < -0.3 is 15.2 Å². The summed E-state index contributed by atoms with van der Waals surface area (Å²) in [5, 5.41) is 14.6. The molecule has 2 aromatic rings. The van der Waals surface area contributed by atoms with E-state index in [1.807, 2.05) is 24.3 Å². The second kappa shape index (κ2) is 7.10. The summed E-state index contributed by atoms with van der Waals surface area (Å²) >= 11 is 0. The SMILES string of the molecule is CCC(CCO)CNc1nccc2c(OC)cccc12. The number of ether oxygens (including phenoxy) is 1. The van der Waals surface area contributed by atoms with E-state index in [-0.39, 0.29) is 6.61 Å². The first kappa shape index (κ1) is 14.6. The largest absolute Gasteiger partial charge is 0.496 e. The molecule has 0 aliphatic heterocycles. The van der Waals surface area contributed by atoms with Crippen LogP contribution < -0.4 is 10.1 Å².